The molecule has 5 heteroatoms. The molecular formula is C11H17BrClN3. The molecule has 90 valence electrons. The second-order valence-corrected chi connectivity index (χ2v) is 5.24. The number of rotatable bonds is 6. The van der Waals surface area contributed by atoms with Gasteiger partial charge in [-0.3, -0.25) is 0 Å². The SMILES string of the molecule is CN(C)CCCCNc1ncc(Br)cc1Cl. The maximum Gasteiger partial charge on any atom is 0.144 e. The van der Waals surface area contributed by atoms with E-state index in [2.05, 4.69) is 45.2 Å². The minimum Gasteiger partial charge on any atom is -0.369 e. The minimum absolute atomic E-state index is 0.655. The highest BCUT2D eigenvalue weighted by molar-refractivity contribution is 9.10. The fraction of sp³-hybridized carbons (Fsp3) is 0.545. The van der Waals surface area contributed by atoms with E-state index in [0.29, 0.717) is 5.02 Å². The van der Waals surface area contributed by atoms with Crippen molar-refractivity contribution < 1.29 is 0 Å². The summed E-state index contributed by atoms with van der Waals surface area (Å²) in [5.41, 5.74) is 0. The van der Waals surface area contributed by atoms with Crippen molar-refractivity contribution in [3.8, 4) is 0 Å². The summed E-state index contributed by atoms with van der Waals surface area (Å²) in [6.45, 7) is 2.02. The van der Waals surface area contributed by atoms with Gasteiger partial charge in [0, 0.05) is 17.2 Å². The van der Waals surface area contributed by atoms with Crippen molar-refractivity contribution in [2.75, 3.05) is 32.5 Å². The van der Waals surface area contributed by atoms with Gasteiger partial charge in [-0.1, -0.05) is 11.6 Å². The predicted molar refractivity (Wildman–Crippen MR) is 73.2 cm³/mol. The Morgan fingerprint density at radius 2 is 2.19 bits per heavy atom. The van der Waals surface area contributed by atoms with Crippen LogP contribution in [0.3, 0.4) is 0 Å². The summed E-state index contributed by atoms with van der Waals surface area (Å²) in [6.07, 6.45) is 4.04. The number of nitrogens with zero attached hydrogens (tertiary/aromatic N) is 2. The van der Waals surface area contributed by atoms with Crippen LogP contribution in [0, 0.1) is 0 Å². The number of pyridine rings is 1. The summed E-state index contributed by atoms with van der Waals surface area (Å²) >= 11 is 9.35. The predicted octanol–water partition coefficient (Wildman–Crippen LogP) is 3.25. The van der Waals surface area contributed by atoms with Crippen molar-refractivity contribution in [2.24, 2.45) is 0 Å². The molecule has 1 N–H and O–H groups in total. The van der Waals surface area contributed by atoms with Crippen LogP contribution in [-0.4, -0.2) is 37.1 Å². The van der Waals surface area contributed by atoms with E-state index in [9.17, 15) is 0 Å². The van der Waals surface area contributed by atoms with E-state index >= 15 is 0 Å². The molecule has 1 aromatic rings. The van der Waals surface area contributed by atoms with Crippen LogP contribution in [0.4, 0.5) is 5.82 Å². The molecule has 0 fully saturated rings. The average molecular weight is 307 g/mol. The van der Waals surface area contributed by atoms with Crippen molar-refractivity contribution in [3.63, 3.8) is 0 Å². The summed E-state index contributed by atoms with van der Waals surface area (Å²) in [5, 5.41) is 3.89. The molecule has 1 rings (SSSR count). The molecule has 0 spiro atoms. The van der Waals surface area contributed by atoms with Gasteiger partial charge in [0.15, 0.2) is 0 Å². The average Bonchev–Trinajstić information content (AvgIpc) is 2.20. The maximum absolute atomic E-state index is 6.03. The summed E-state index contributed by atoms with van der Waals surface area (Å²) in [5.74, 6) is 0.759. The first-order valence-electron chi connectivity index (χ1n) is 5.29. The van der Waals surface area contributed by atoms with Crippen LogP contribution < -0.4 is 5.32 Å². The second kappa shape index (κ2) is 7.09. The van der Waals surface area contributed by atoms with Gasteiger partial charge in [0.05, 0.1) is 5.02 Å². The lowest BCUT2D eigenvalue weighted by Crippen LogP contribution is -2.14. The molecule has 0 unspecified atom stereocenters. The van der Waals surface area contributed by atoms with Crippen molar-refractivity contribution in [2.45, 2.75) is 12.8 Å². The number of nitrogens with one attached hydrogen (secondary N) is 1. The zero-order valence-corrected chi connectivity index (χ0v) is 12.0. The zero-order chi connectivity index (χ0) is 12.0. The number of anilines is 1. The summed E-state index contributed by atoms with van der Waals surface area (Å²) in [4.78, 5) is 6.40. The molecule has 0 amide bonds. The normalized spacial score (nSPS) is 10.8. The van der Waals surface area contributed by atoms with Gasteiger partial charge >= 0.3 is 0 Å². The van der Waals surface area contributed by atoms with Gasteiger partial charge in [-0.15, -0.1) is 0 Å². The van der Waals surface area contributed by atoms with Gasteiger partial charge in [0.2, 0.25) is 0 Å². The largest absolute Gasteiger partial charge is 0.369 e. The Hall–Kier alpha value is -0.320. The lowest BCUT2D eigenvalue weighted by atomic mass is 10.3. The van der Waals surface area contributed by atoms with Crippen molar-refractivity contribution in [1.82, 2.24) is 9.88 Å². The fourth-order valence-corrected chi connectivity index (χ4v) is 2.00. The van der Waals surface area contributed by atoms with Crippen LogP contribution in [0.25, 0.3) is 0 Å². The molecule has 0 aliphatic rings. The van der Waals surface area contributed by atoms with Gasteiger partial charge < -0.3 is 10.2 Å². The molecule has 1 aromatic heterocycles. The fourth-order valence-electron chi connectivity index (χ4n) is 1.30. The highest BCUT2D eigenvalue weighted by Crippen LogP contribution is 2.22. The molecule has 1 heterocycles. The van der Waals surface area contributed by atoms with Crippen molar-refractivity contribution in [1.29, 1.82) is 0 Å². The lowest BCUT2D eigenvalue weighted by molar-refractivity contribution is 0.396. The van der Waals surface area contributed by atoms with Crippen LogP contribution in [0.15, 0.2) is 16.7 Å². The molecule has 0 saturated heterocycles. The molecule has 0 radical (unpaired) electrons. The maximum atomic E-state index is 6.03. The Bertz CT molecular complexity index is 331. The zero-order valence-electron chi connectivity index (χ0n) is 9.63. The van der Waals surface area contributed by atoms with Crippen LogP contribution in [-0.2, 0) is 0 Å². The molecule has 0 aromatic carbocycles. The number of halogens is 2. The summed E-state index contributed by atoms with van der Waals surface area (Å²) < 4.78 is 0.899. The topological polar surface area (TPSA) is 28.2 Å². The van der Waals surface area contributed by atoms with E-state index in [1.807, 2.05) is 6.07 Å². The number of unbranched alkanes of at least 4 members (excludes halogenated alkanes) is 1. The third kappa shape index (κ3) is 5.14. The Balaban J connectivity index is 2.27. The van der Waals surface area contributed by atoms with Gasteiger partial charge in [0.25, 0.3) is 0 Å². The highest BCUT2D eigenvalue weighted by Gasteiger charge is 2.01. The summed E-state index contributed by atoms with van der Waals surface area (Å²) in [6, 6.07) is 1.84. The molecule has 0 saturated carbocycles. The van der Waals surface area contributed by atoms with Crippen LogP contribution in [0.1, 0.15) is 12.8 Å². The lowest BCUT2D eigenvalue weighted by Gasteiger charge is -2.10. The monoisotopic (exact) mass is 305 g/mol. The van der Waals surface area contributed by atoms with E-state index in [1.54, 1.807) is 6.20 Å². The minimum atomic E-state index is 0.655. The molecule has 0 atom stereocenters. The molecule has 0 aliphatic heterocycles. The van der Waals surface area contributed by atoms with Gasteiger partial charge in [-0.2, -0.15) is 0 Å². The molecule has 0 aliphatic carbocycles. The van der Waals surface area contributed by atoms with Crippen LogP contribution >= 0.6 is 27.5 Å². The van der Waals surface area contributed by atoms with Gasteiger partial charge in [-0.05, 0) is 55.5 Å². The van der Waals surface area contributed by atoms with Crippen molar-refractivity contribution in [3.05, 3.63) is 21.8 Å². The Labute approximate surface area is 110 Å². The van der Waals surface area contributed by atoms with E-state index in [1.165, 1.54) is 6.42 Å². The van der Waals surface area contributed by atoms with Crippen LogP contribution in [0.5, 0.6) is 0 Å². The number of aromatic nitrogens is 1. The first kappa shape index (κ1) is 13.7. The quantitative estimate of drug-likeness (QED) is 0.818. The van der Waals surface area contributed by atoms with Gasteiger partial charge in [0.1, 0.15) is 5.82 Å². The number of hydrogen-bond donors (Lipinski definition) is 1. The van der Waals surface area contributed by atoms with Crippen LogP contribution in [0.2, 0.25) is 5.02 Å². The molecule has 0 bridgehead atoms. The van der Waals surface area contributed by atoms with Gasteiger partial charge in [-0.25, -0.2) is 4.98 Å². The van der Waals surface area contributed by atoms with Crippen molar-refractivity contribution >= 4 is 33.3 Å². The van der Waals surface area contributed by atoms with E-state index in [-0.39, 0.29) is 0 Å². The first-order chi connectivity index (χ1) is 7.59. The standard InChI is InChI=1S/C11H17BrClN3/c1-16(2)6-4-3-5-14-11-10(13)7-9(12)8-15-11/h7-8H,3-6H2,1-2H3,(H,14,15). The molecule has 16 heavy (non-hydrogen) atoms. The molecular weight excluding hydrogens is 289 g/mol. The Kier molecular flexibility index (Phi) is 6.09. The number of hydrogen-bond acceptors (Lipinski definition) is 3. The Morgan fingerprint density at radius 3 is 2.81 bits per heavy atom. The first-order valence-corrected chi connectivity index (χ1v) is 6.46. The summed E-state index contributed by atoms with van der Waals surface area (Å²) in [7, 11) is 4.17. The third-order valence-electron chi connectivity index (χ3n) is 2.13. The Morgan fingerprint density at radius 1 is 1.44 bits per heavy atom. The van der Waals surface area contributed by atoms with E-state index < -0.39 is 0 Å². The smallest absolute Gasteiger partial charge is 0.144 e. The molecule has 3 nitrogen and oxygen atoms in total. The highest BCUT2D eigenvalue weighted by atomic mass is 79.9. The third-order valence-corrected chi connectivity index (χ3v) is 2.85. The second-order valence-electron chi connectivity index (χ2n) is 3.92. The van der Waals surface area contributed by atoms with E-state index in [4.69, 9.17) is 11.6 Å². The van der Waals surface area contributed by atoms with E-state index in [0.717, 1.165) is 29.8 Å².